The van der Waals surface area contributed by atoms with Gasteiger partial charge in [0, 0.05) is 18.5 Å². The lowest BCUT2D eigenvalue weighted by molar-refractivity contribution is -0.122. The maximum absolute atomic E-state index is 14.1. The predicted octanol–water partition coefficient (Wildman–Crippen LogP) is 3.55. The van der Waals surface area contributed by atoms with Crippen LogP contribution in [0.1, 0.15) is 37.8 Å². The number of benzene rings is 1. The molecule has 0 bridgehead atoms. The molecule has 2 N–H and O–H groups in total. The van der Waals surface area contributed by atoms with Gasteiger partial charge in [-0.05, 0) is 64.0 Å². The molecule has 8 heteroatoms. The van der Waals surface area contributed by atoms with Crippen LogP contribution in [-0.2, 0) is 4.79 Å². The summed E-state index contributed by atoms with van der Waals surface area (Å²) in [6.07, 6.45) is 2.72. The Morgan fingerprint density at radius 1 is 1.30 bits per heavy atom. The molecule has 0 radical (unpaired) electrons. The summed E-state index contributed by atoms with van der Waals surface area (Å²) in [6, 6.07) is 3.29. The molecule has 0 aliphatic carbocycles. The van der Waals surface area contributed by atoms with E-state index in [1.54, 1.807) is 19.0 Å². The number of likely N-dealkylation sites (N-methyl/N-ethyl adjacent to an activating group) is 1. The zero-order valence-corrected chi connectivity index (χ0v) is 17.8. The van der Waals surface area contributed by atoms with Gasteiger partial charge in [-0.15, -0.1) is 24.8 Å². The number of nitrogens with one attached hydrogen (secondary N) is 2. The zero-order chi connectivity index (χ0) is 18.4. The van der Waals surface area contributed by atoms with Crippen molar-refractivity contribution >= 4 is 30.7 Å². The molecule has 1 fully saturated rings. The van der Waals surface area contributed by atoms with Gasteiger partial charge >= 0.3 is 0 Å². The molecule has 2 rings (SSSR count). The number of hydrogen-bond donors (Lipinski definition) is 2. The third kappa shape index (κ3) is 7.53. The second kappa shape index (κ2) is 12.5. The van der Waals surface area contributed by atoms with Crippen molar-refractivity contribution in [2.24, 2.45) is 11.8 Å². The minimum atomic E-state index is -0.588. The van der Waals surface area contributed by atoms with Crippen LogP contribution in [0.25, 0.3) is 0 Å². The lowest BCUT2D eigenvalue weighted by Gasteiger charge is -2.29. The molecule has 1 amide bonds. The summed E-state index contributed by atoms with van der Waals surface area (Å²) in [6.45, 7) is 4.28. The number of carbonyl (C=O) groups is 1. The molecule has 27 heavy (non-hydrogen) atoms. The van der Waals surface area contributed by atoms with Gasteiger partial charge in [0.2, 0.25) is 5.91 Å². The van der Waals surface area contributed by atoms with Crippen LogP contribution >= 0.6 is 24.8 Å². The summed E-state index contributed by atoms with van der Waals surface area (Å²) < 4.78 is 28.1. The molecule has 3 unspecified atom stereocenters. The summed E-state index contributed by atoms with van der Waals surface area (Å²) in [4.78, 5) is 14.0. The fourth-order valence-corrected chi connectivity index (χ4v) is 3.48. The molecule has 1 aliphatic heterocycles. The van der Waals surface area contributed by atoms with E-state index in [0.717, 1.165) is 25.9 Å². The first-order valence-electron chi connectivity index (χ1n) is 8.98. The Morgan fingerprint density at radius 2 is 1.93 bits per heavy atom. The lowest BCUT2D eigenvalue weighted by Crippen LogP contribution is -2.38. The normalized spacial score (nSPS) is 18.8. The maximum atomic E-state index is 14.1. The molecule has 4 nitrogen and oxygen atoms in total. The van der Waals surface area contributed by atoms with Gasteiger partial charge in [-0.25, -0.2) is 8.78 Å². The second-order valence-corrected chi connectivity index (χ2v) is 7.21. The molecule has 0 saturated carbocycles. The van der Waals surface area contributed by atoms with Gasteiger partial charge in [0.1, 0.15) is 11.6 Å². The fraction of sp³-hybridized carbons (Fsp3) is 0.632. The van der Waals surface area contributed by atoms with E-state index >= 15 is 0 Å². The van der Waals surface area contributed by atoms with Gasteiger partial charge in [-0.2, -0.15) is 0 Å². The number of piperidine rings is 1. The Bertz CT molecular complexity index is 564. The molecule has 1 saturated heterocycles. The molecule has 0 aromatic heterocycles. The first-order chi connectivity index (χ1) is 11.9. The molecule has 156 valence electrons. The van der Waals surface area contributed by atoms with E-state index in [2.05, 4.69) is 17.6 Å². The van der Waals surface area contributed by atoms with Gasteiger partial charge in [-0.1, -0.05) is 13.0 Å². The average molecular weight is 426 g/mol. The first-order valence-corrected chi connectivity index (χ1v) is 8.98. The fourth-order valence-electron chi connectivity index (χ4n) is 3.48. The van der Waals surface area contributed by atoms with Crippen LogP contribution in [0.4, 0.5) is 8.78 Å². The maximum Gasteiger partial charge on any atom is 0.220 e. The summed E-state index contributed by atoms with van der Waals surface area (Å²) in [5.41, 5.74) is -0.00247. The summed E-state index contributed by atoms with van der Waals surface area (Å²) in [5, 5.41) is 6.22. The van der Waals surface area contributed by atoms with Crippen LogP contribution in [-0.4, -0.2) is 44.5 Å². The van der Waals surface area contributed by atoms with E-state index in [1.165, 1.54) is 18.2 Å². The molecule has 1 aliphatic rings. The number of halogens is 4. The molecular weight excluding hydrogens is 395 g/mol. The Hall–Kier alpha value is -0.950. The highest BCUT2D eigenvalue weighted by molar-refractivity contribution is 5.85. The van der Waals surface area contributed by atoms with Crippen molar-refractivity contribution in [2.75, 3.05) is 33.7 Å². The van der Waals surface area contributed by atoms with Gasteiger partial charge in [0.05, 0.1) is 6.04 Å². The van der Waals surface area contributed by atoms with Crippen molar-refractivity contribution in [1.29, 1.82) is 0 Å². The Labute approximate surface area is 173 Å². The minimum Gasteiger partial charge on any atom is -0.354 e. The summed E-state index contributed by atoms with van der Waals surface area (Å²) in [7, 11) is 3.50. The minimum absolute atomic E-state index is 0. The molecule has 1 aromatic carbocycles. The topological polar surface area (TPSA) is 44.4 Å². The second-order valence-electron chi connectivity index (χ2n) is 7.21. The van der Waals surface area contributed by atoms with Crippen LogP contribution in [0, 0.1) is 23.5 Å². The van der Waals surface area contributed by atoms with Crippen LogP contribution in [0.3, 0.4) is 0 Å². The smallest absolute Gasteiger partial charge is 0.220 e. The van der Waals surface area contributed by atoms with Crippen molar-refractivity contribution in [3.05, 3.63) is 35.4 Å². The third-order valence-corrected chi connectivity index (χ3v) is 5.10. The zero-order valence-electron chi connectivity index (χ0n) is 16.1. The Balaban J connectivity index is 0.00000338. The van der Waals surface area contributed by atoms with Crippen LogP contribution in [0.15, 0.2) is 18.2 Å². The summed E-state index contributed by atoms with van der Waals surface area (Å²) >= 11 is 0. The number of amides is 1. The van der Waals surface area contributed by atoms with Crippen LogP contribution < -0.4 is 10.6 Å². The highest BCUT2D eigenvalue weighted by atomic mass is 35.5. The molecule has 0 spiro atoms. The number of hydrogen-bond acceptors (Lipinski definition) is 3. The monoisotopic (exact) mass is 425 g/mol. The van der Waals surface area contributed by atoms with Crippen molar-refractivity contribution < 1.29 is 13.6 Å². The number of carbonyl (C=O) groups excluding carboxylic acids is 1. The van der Waals surface area contributed by atoms with Gasteiger partial charge in [-0.3, -0.25) is 4.79 Å². The third-order valence-electron chi connectivity index (χ3n) is 5.10. The molecule has 3 atom stereocenters. The van der Waals surface area contributed by atoms with Crippen molar-refractivity contribution in [3.8, 4) is 0 Å². The van der Waals surface area contributed by atoms with Crippen molar-refractivity contribution in [3.63, 3.8) is 0 Å². The van der Waals surface area contributed by atoms with Gasteiger partial charge in [0.15, 0.2) is 0 Å². The van der Waals surface area contributed by atoms with E-state index in [9.17, 15) is 13.6 Å². The van der Waals surface area contributed by atoms with Crippen LogP contribution in [0.2, 0.25) is 0 Å². The van der Waals surface area contributed by atoms with Crippen molar-refractivity contribution in [1.82, 2.24) is 15.5 Å². The Kier molecular flexibility index (Phi) is 12.1. The van der Waals surface area contributed by atoms with E-state index < -0.39 is 17.7 Å². The van der Waals surface area contributed by atoms with Crippen molar-refractivity contribution in [2.45, 2.75) is 32.2 Å². The van der Waals surface area contributed by atoms with Gasteiger partial charge in [0.25, 0.3) is 0 Å². The van der Waals surface area contributed by atoms with Gasteiger partial charge < -0.3 is 15.5 Å². The van der Waals surface area contributed by atoms with E-state index in [1.807, 2.05) is 0 Å². The predicted molar refractivity (Wildman–Crippen MR) is 110 cm³/mol. The highest BCUT2D eigenvalue weighted by Crippen LogP contribution is 2.25. The molecular formula is C19H31Cl2F2N3O. The summed E-state index contributed by atoms with van der Waals surface area (Å²) in [5.74, 6) is -0.449. The molecule has 1 heterocycles. The lowest BCUT2D eigenvalue weighted by atomic mass is 9.85. The van der Waals surface area contributed by atoms with Crippen LogP contribution in [0.5, 0.6) is 0 Å². The molecule has 1 aromatic rings. The number of rotatable bonds is 7. The first kappa shape index (κ1) is 26.1. The highest BCUT2D eigenvalue weighted by Gasteiger charge is 2.25. The average Bonchev–Trinajstić information content (AvgIpc) is 2.57. The van der Waals surface area contributed by atoms with E-state index in [4.69, 9.17) is 0 Å². The quantitative estimate of drug-likeness (QED) is 0.701. The number of nitrogens with zero attached hydrogens (tertiary/aromatic N) is 1. The standard InChI is InChI=1S/C19H29F2N3O.2ClH/c1-13(14-6-5-9-22-11-14)10-18(25)23-12-17(24(2)3)19-15(20)7-4-8-16(19)21;;/h4,7-8,13-14,17,22H,5-6,9-12H2,1-3H3,(H,23,25);2*1H. The van der Waals surface area contributed by atoms with E-state index in [0.29, 0.717) is 12.3 Å². The Morgan fingerprint density at radius 3 is 2.44 bits per heavy atom. The largest absolute Gasteiger partial charge is 0.354 e. The SMILES string of the molecule is CC(CC(=O)NCC(c1c(F)cccc1F)N(C)C)C1CCCNC1.Cl.Cl. The van der Waals surface area contributed by atoms with E-state index in [-0.39, 0.29) is 48.7 Å².